The molecule has 2 saturated carbocycles. The molecule has 0 nitrogen and oxygen atoms in total. The summed E-state index contributed by atoms with van der Waals surface area (Å²) >= 11 is 0. The molecule has 0 heterocycles. The SMILES string of the molecule is CC1CCC(CCC2CCC(c3cc[c-]c(F)c3)CC2)CC1.[Y+3]. The van der Waals surface area contributed by atoms with Crippen molar-refractivity contribution in [1.82, 2.24) is 0 Å². The Labute approximate surface area is 166 Å². The molecule has 2 aliphatic rings. The Kier molecular flexibility index (Phi) is 8.22. The Morgan fingerprint density at radius 1 is 0.957 bits per heavy atom. The van der Waals surface area contributed by atoms with Crippen LogP contribution in [0.4, 0.5) is 4.39 Å². The van der Waals surface area contributed by atoms with E-state index >= 15 is 0 Å². The number of halogens is 1. The van der Waals surface area contributed by atoms with Crippen LogP contribution in [0.5, 0.6) is 0 Å². The van der Waals surface area contributed by atoms with Crippen molar-refractivity contribution >= 4 is 0 Å². The van der Waals surface area contributed by atoms with Gasteiger partial charge in [0.15, 0.2) is 0 Å². The smallest absolute Gasteiger partial charge is 0.236 e. The van der Waals surface area contributed by atoms with E-state index in [-0.39, 0.29) is 38.5 Å². The van der Waals surface area contributed by atoms with Gasteiger partial charge in [0.05, 0.1) is 0 Å². The minimum atomic E-state index is -0.203. The van der Waals surface area contributed by atoms with Crippen LogP contribution in [0.1, 0.15) is 82.6 Å². The summed E-state index contributed by atoms with van der Waals surface area (Å²) in [5.74, 6) is 3.28. The zero-order valence-electron chi connectivity index (χ0n) is 14.6. The van der Waals surface area contributed by atoms with E-state index in [4.69, 9.17) is 0 Å². The van der Waals surface area contributed by atoms with Crippen molar-refractivity contribution in [2.75, 3.05) is 0 Å². The monoisotopic (exact) mass is 390 g/mol. The summed E-state index contributed by atoms with van der Waals surface area (Å²) in [4.78, 5) is 0. The van der Waals surface area contributed by atoms with E-state index in [2.05, 4.69) is 19.1 Å². The Morgan fingerprint density at radius 2 is 1.52 bits per heavy atom. The van der Waals surface area contributed by atoms with Crippen LogP contribution in [0, 0.1) is 29.6 Å². The fourth-order valence-electron chi connectivity index (χ4n) is 4.58. The molecule has 0 aliphatic heterocycles. The maximum Gasteiger partial charge on any atom is 3.00 e. The predicted molar refractivity (Wildman–Crippen MR) is 90.3 cm³/mol. The molecule has 0 aromatic heterocycles. The van der Waals surface area contributed by atoms with Crippen LogP contribution in [0.2, 0.25) is 0 Å². The van der Waals surface area contributed by atoms with Crippen molar-refractivity contribution in [3.05, 3.63) is 35.6 Å². The molecule has 23 heavy (non-hydrogen) atoms. The van der Waals surface area contributed by atoms with E-state index in [1.54, 1.807) is 12.1 Å². The van der Waals surface area contributed by atoms with Crippen LogP contribution in [0.25, 0.3) is 0 Å². The van der Waals surface area contributed by atoms with E-state index in [1.165, 1.54) is 69.8 Å². The molecular formula is C21H30FY+2. The number of rotatable bonds is 4. The molecule has 122 valence electrons. The van der Waals surface area contributed by atoms with Crippen LogP contribution < -0.4 is 0 Å². The third kappa shape index (κ3) is 5.92. The van der Waals surface area contributed by atoms with Crippen molar-refractivity contribution in [1.29, 1.82) is 0 Å². The molecule has 0 bridgehead atoms. The molecule has 1 aromatic rings. The first-order chi connectivity index (χ1) is 10.7. The third-order valence-corrected chi connectivity index (χ3v) is 6.23. The first-order valence-electron chi connectivity index (χ1n) is 9.38. The average molecular weight is 390 g/mol. The molecule has 3 rings (SSSR count). The second-order valence-corrected chi connectivity index (χ2v) is 7.89. The largest absolute Gasteiger partial charge is 3.00 e. The first kappa shape index (κ1) is 19.6. The minimum absolute atomic E-state index is 0. The second-order valence-electron chi connectivity index (χ2n) is 7.89. The molecule has 0 saturated heterocycles. The van der Waals surface area contributed by atoms with Crippen molar-refractivity contribution in [2.24, 2.45) is 17.8 Å². The molecule has 2 fully saturated rings. The Morgan fingerprint density at radius 3 is 2.09 bits per heavy atom. The molecule has 2 heteroatoms. The summed E-state index contributed by atoms with van der Waals surface area (Å²) in [5, 5.41) is 0. The summed E-state index contributed by atoms with van der Waals surface area (Å²) in [7, 11) is 0. The maximum absolute atomic E-state index is 13.3. The van der Waals surface area contributed by atoms with Gasteiger partial charge in [-0.3, -0.25) is 0 Å². The van der Waals surface area contributed by atoms with Gasteiger partial charge in [-0.05, 0) is 49.4 Å². The average Bonchev–Trinajstić information content (AvgIpc) is 2.55. The molecule has 0 unspecified atom stereocenters. The fourth-order valence-corrected chi connectivity index (χ4v) is 4.58. The van der Waals surface area contributed by atoms with Crippen LogP contribution in [0.15, 0.2) is 18.2 Å². The zero-order chi connectivity index (χ0) is 15.4. The van der Waals surface area contributed by atoms with E-state index < -0.39 is 0 Å². The van der Waals surface area contributed by atoms with E-state index in [9.17, 15) is 4.39 Å². The Hall–Kier alpha value is 0.254. The van der Waals surface area contributed by atoms with Gasteiger partial charge in [-0.2, -0.15) is 17.7 Å². The summed E-state index contributed by atoms with van der Waals surface area (Å²) in [6.07, 6.45) is 13.9. The van der Waals surface area contributed by atoms with Gasteiger partial charge in [0, 0.05) is 5.82 Å². The van der Waals surface area contributed by atoms with Gasteiger partial charge in [-0.25, -0.2) is 4.39 Å². The van der Waals surface area contributed by atoms with Gasteiger partial charge in [0.2, 0.25) is 0 Å². The zero-order valence-corrected chi connectivity index (χ0v) is 17.4. The molecule has 0 amide bonds. The molecule has 1 aromatic carbocycles. The van der Waals surface area contributed by atoms with Crippen LogP contribution >= 0.6 is 0 Å². The van der Waals surface area contributed by atoms with Crippen LogP contribution in [-0.2, 0) is 32.7 Å². The number of hydrogen-bond acceptors (Lipinski definition) is 0. The second kappa shape index (κ2) is 9.66. The Balaban J connectivity index is 0.00000192. The minimum Gasteiger partial charge on any atom is -0.236 e. The Bertz CT molecular complexity index is 457. The molecular weight excluding hydrogens is 360 g/mol. The summed E-state index contributed by atoms with van der Waals surface area (Å²) in [6.45, 7) is 2.40. The van der Waals surface area contributed by atoms with Gasteiger partial charge in [0.25, 0.3) is 0 Å². The van der Waals surface area contributed by atoms with Gasteiger partial charge in [0.1, 0.15) is 0 Å². The number of hydrogen-bond donors (Lipinski definition) is 0. The van der Waals surface area contributed by atoms with Crippen LogP contribution in [0.3, 0.4) is 0 Å². The quantitative estimate of drug-likeness (QED) is 0.515. The van der Waals surface area contributed by atoms with Gasteiger partial charge < -0.3 is 0 Å². The molecule has 0 spiro atoms. The van der Waals surface area contributed by atoms with Crippen molar-refractivity contribution in [2.45, 2.75) is 77.0 Å². The van der Waals surface area contributed by atoms with Gasteiger partial charge in [-0.15, -0.1) is 12.1 Å². The molecule has 0 N–H and O–H groups in total. The number of benzene rings is 1. The van der Waals surface area contributed by atoms with E-state index in [0.717, 1.165) is 17.8 Å². The van der Waals surface area contributed by atoms with E-state index in [1.807, 2.05) is 0 Å². The molecule has 2 aliphatic carbocycles. The summed E-state index contributed by atoms with van der Waals surface area (Å²) in [5.41, 5.74) is 1.19. The third-order valence-electron chi connectivity index (χ3n) is 6.23. The van der Waals surface area contributed by atoms with E-state index in [0.29, 0.717) is 5.92 Å². The normalized spacial score (nSPS) is 31.4. The van der Waals surface area contributed by atoms with Gasteiger partial charge in [-0.1, -0.05) is 45.4 Å². The van der Waals surface area contributed by atoms with Crippen molar-refractivity contribution in [3.63, 3.8) is 0 Å². The first-order valence-corrected chi connectivity index (χ1v) is 9.38. The molecule has 0 radical (unpaired) electrons. The predicted octanol–water partition coefficient (Wildman–Crippen LogP) is 6.50. The van der Waals surface area contributed by atoms with Crippen molar-refractivity contribution in [3.8, 4) is 0 Å². The maximum atomic E-state index is 13.3. The van der Waals surface area contributed by atoms with Crippen molar-refractivity contribution < 1.29 is 37.1 Å². The molecule has 0 atom stereocenters. The van der Waals surface area contributed by atoms with Crippen LogP contribution in [-0.4, -0.2) is 0 Å². The standard InChI is InChI=1S/C21H30F.Y/c1-16-5-7-17(8-6-16)9-10-18-11-13-19(14-12-18)20-3-2-4-21(22)15-20;/h2-3,15-19H,5-14H2,1H3;/q-1;+3. The van der Waals surface area contributed by atoms with Gasteiger partial charge >= 0.3 is 32.7 Å². The summed E-state index contributed by atoms with van der Waals surface area (Å²) in [6, 6.07) is 8.09. The fraction of sp³-hybridized carbons (Fsp3) is 0.714. The topological polar surface area (TPSA) is 0 Å². The summed E-state index contributed by atoms with van der Waals surface area (Å²) < 4.78 is 13.3.